The lowest BCUT2D eigenvalue weighted by atomic mass is 10.2. The molecule has 0 saturated carbocycles. The molecule has 0 aliphatic heterocycles. The lowest BCUT2D eigenvalue weighted by molar-refractivity contribution is 0.159. The summed E-state index contributed by atoms with van der Waals surface area (Å²) in [4.78, 5) is 0. The van der Waals surface area contributed by atoms with Gasteiger partial charge in [0.05, 0.1) is 0 Å². The van der Waals surface area contributed by atoms with E-state index in [1.165, 1.54) is 19.3 Å². The third kappa shape index (κ3) is 4.56. The van der Waals surface area contributed by atoms with Crippen molar-refractivity contribution in [2.45, 2.75) is 71.9 Å². The van der Waals surface area contributed by atoms with E-state index >= 15 is 0 Å². The summed E-state index contributed by atoms with van der Waals surface area (Å²) in [7, 11) is -2.03. The van der Waals surface area contributed by atoms with Gasteiger partial charge in [-0.1, -0.05) is 47.0 Å². The fourth-order valence-corrected chi connectivity index (χ4v) is 5.70. The van der Waals surface area contributed by atoms with Crippen LogP contribution < -0.4 is 0 Å². The Morgan fingerprint density at radius 3 is 1.69 bits per heavy atom. The number of hydrogen-bond acceptors (Lipinski definition) is 2. The van der Waals surface area contributed by atoms with E-state index in [1.54, 1.807) is 0 Å². The number of unbranched alkanes of at least 4 members (excludes halogenated alkanes) is 2. The predicted octanol–water partition coefficient (Wildman–Crippen LogP) is 4.49. The average molecular weight is 246 g/mol. The van der Waals surface area contributed by atoms with Crippen LogP contribution in [0.3, 0.4) is 0 Å². The van der Waals surface area contributed by atoms with Crippen molar-refractivity contribution in [1.82, 2.24) is 0 Å². The smallest absolute Gasteiger partial charge is 0.343 e. The molecule has 0 bridgehead atoms. The molecule has 0 aromatic heterocycles. The third-order valence-corrected chi connectivity index (χ3v) is 7.81. The Morgan fingerprint density at radius 1 is 0.875 bits per heavy atom. The standard InChI is InChI=1S/C13H30O2Si/c1-7-10-11-12-16(14-8-2,15-9-3)13(4,5)6/h7-12H2,1-6H3. The van der Waals surface area contributed by atoms with Gasteiger partial charge in [0, 0.05) is 18.3 Å². The van der Waals surface area contributed by atoms with Crippen LogP contribution in [-0.4, -0.2) is 21.8 Å². The van der Waals surface area contributed by atoms with Crippen molar-refractivity contribution in [2.24, 2.45) is 0 Å². The highest BCUT2D eigenvalue weighted by atomic mass is 28.4. The second-order valence-corrected chi connectivity index (χ2v) is 9.41. The molecule has 16 heavy (non-hydrogen) atoms. The van der Waals surface area contributed by atoms with Crippen molar-refractivity contribution in [1.29, 1.82) is 0 Å². The van der Waals surface area contributed by atoms with Crippen LogP contribution in [-0.2, 0) is 8.85 Å². The van der Waals surface area contributed by atoms with Crippen molar-refractivity contribution in [3.63, 3.8) is 0 Å². The maximum atomic E-state index is 6.10. The Hall–Kier alpha value is 0.137. The van der Waals surface area contributed by atoms with Crippen molar-refractivity contribution in [3.05, 3.63) is 0 Å². The summed E-state index contributed by atoms with van der Waals surface area (Å²) in [6.07, 6.45) is 3.78. The van der Waals surface area contributed by atoms with E-state index in [0.717, 1.165) is 19.3 Å². The van der Waals surface area contributed by atoms with E-state index in [0.29, 0.717) is 0 Å². The molecule has 0 aliphatic carbocycles. The molecule has 0 fully saturated rings. The topological polar surface area (TPSA) is 18.5 Å². The highest BCUT2D eigenvalue weighted by molar-refractivity contribution is 6.70. The molecule has 0 rings (SSSR count). The first-order chi connectivity index (χ1) is 7.43. The van der Waals surface area contributed by atoms with Crippen LogP contribution in [0.15, 0.2) is 0 Å². The molecule has 0 aliphatic rings. The fourth-order valence-electron chi connectivity index (χ4n) is 2.07. The largest absolute Gasteiger partial charge is 0.394 e. The van der Waals surface area contributed by atoms with Gasteiger partial charge in [-0.05, 0) is 19.9 Å². The quantitative estimate of drug-likeness (QED) is 0.464. The molecule has 0 radical (unpaired) electrons. The van der Waals surface area contributed by atoms with Crippen molar-refractivity contribution < 1.29 is 8.85 Å². The van der Waals surface area contributed by atoms with E-state index in [9.17, 15) is 0 Å². The lowest BCUT2D eigenvalue weighted by Crippen LogP contribution is -2.50. The molecule has 98 valence electrons. The van der Waals surface area contributed by atoms with Crippen LogP contribution >= 0.6 is 0 Å². The van der Waals surface area contributed by atoms with Gasteiger partial charge in [0.2, 0.25) is 0 Å². The lowest BCUT2D eigenvalue weighted by Gasteiger charge is -2.40. The van der Waals surface area contributed by atoms with Crippen LogP contribution in [0.4, 0.5) is 0 Å². The van der Waals surface area contributed by atoms with Crippen molar-refractivity contribution in [3.8, 4) is 0 Å². The predicted molar refractivity (Wildman–Crippen MR) is 73.1 cm³/mol. The second-order valence-electron chi connectivity index (χ2n) is 5.33. The first kappa shape index (κ1) is 16.1. The Labute approximate surface area is 103 Å². The average Bonchev–Trinajstić information content (AvgIpc) is 2.17. The minimum absolute atomic E-state index is 0.159. The van der Waals surface area contributed by atoms with Gasteiger partial charge in [-0.25, -0.2) is 0 Å². The monoisotopic (exact) mass is 246 g/mol. The summed E-state index contributed by atoms with van der Waals surface area (Å²) < 4.78 is 12.2. The highest BCUT2D eigenvalue weighted by Gasteiger charge is 2.48. The SMILES string of the molecule is CCCCC[Si](OCC)(OCC)C(C)(C)C. The second kappa shape index (κ2) is 7.46. The summed E-state index contributed by atoms with van der Waals surface area (Å²) in [5.41, 5.74) is 0. The van der Waals surface area contributed by atoms with Gasteiger partial charge in [-0.3, -0.25) is 0 Å². The first-order valence-corrected chi connectivity index (χ1v) is 8.73. The molecule has 0 spiro atoms. The zero-order valence-corrected chi connectivity index (χ0v) is 13.1. The van der Waals surface area contributed by atoms with Crippen LogP contribution in [0.5, 0.6) is 0 Å². The van der Waals surface area contributed by atoms with E-state index in [4.69, 9.17) is 8.85 Å². The minimum Gasteiger partial charge on any atom is -0.394 e. The van der Waals surface area contributed by atoms with Gasteiger partial charge in [-0.15, -0.1) is 0 Å². The van der Waals surface area contributed by atoms with E-state index in [1.807, 2.05) is 0 Å². The molecule has 0 aromatic carbocycles. The zero-order valence-electron chi connectivity index (χ0n) is 12.1. The minimum atomic E-state index is -2.03. The molecule has 0 N–H and O–H groups in total. The normalized spacial score (nSPS) is 13.1. The highest BCUT2D eigenvalue weighted by Crippen LogP contribution is 2.41. The fraction of sp³-hybridized carbons (Fsp3) is 1.00. The third-order valence-electron chi connectivity index (χ3n) is 3.01. The molecule has 0 aromatic rings. The Bertz CT molecular complexity index is 169. The molecule has 0 saturated heterocycles. The maximum Gasteiger partial charge on any atom is 0.343 e. The molecule has 2 nitrogen and oxygen atoms in total. The summed E-state index contributed by atoms with van der Waals surface area (Å²) >= 11 is 0. The number of hydrogen-bond donors (Lipinski definition) is 0. The summed E-state index contributed by atoms with van der Waals surface area (Å²) in [5.74, 6) is 0. The zero-order chi connectivity index (χ0) is 12.7. The maximum absolute atomic E-state index is 6.10. The van der Waals surface area contributed by atoms with Gasteiger partial charge in [0.25, 0.3) is 0 Å². The van der Waals surface area contributed by atoms with Gasteiger partial charge in [0.15, 0.2) is 0 Å². The Kier molecular flexibility index (Phi) is 7.52. The van der Waals surface area contributed by atoms with Crippen LogP contribution in [0.1, 0.15) is 60.8 Å². The van der Waals surface area contributed by atoms with E-state index in [-0.39, 0.29) is 5.04 Å². The van der Waals surface area contributed by atoms with E-state index < -0.39 is 8.56 Å². The molecular weight excluding hydrogens is 216 g/mol. The van der Waals surface area contributed by atoms with E-state index in [2.05, 4.69) is 41.5 Å². The van der Waals surface area contributed by atoms with Crippen LogP contribution in [0.2, 0.25) is 11.1 Å². The molecule has 0 atom stereocenters. The molecule has 0 unspecified atom stereocenters. The Balaban J connectivity index is 4.65. The van der Waals surface area contributed by atoms with Crippen LogP contribution in [0.25, 0.3) is 0 Å². The summed E-state index contributed by atoms with van der Waals surface area (Å²) in [6.45, 7) is 14.7. The Morgan fingerprint density at radius 2 is 1.38 bits per heavy atom. The summed E-state index contributed by atoms with van der Waals surface area (Å²) in [6, 6.07) is 1.13. The molecule has 0 amide bonds. The molecule has 0 heterocycles. The van der Waals surface area contributed by atoms with Crippen molar-refractivity contribution in [2.75, 3.05) is 13.2 Å². The van der Waals surface area contributed by atoms with Gasteiger partial charge < -0.3 is 8.85 Å². The van der Waals surface area contributed by atoms with Gasteiger partial charge in [-0.2, -0.15) is 0 Å². The summed E-state index contributed by atoms with van der Waals surface area (Å²) in [5, 5.41) is 0.159. The first-order valence-electron chi connectivity index (χ1n) is 6.71. The van der Waals surface area contributed by atoms with Crippen LogP contribution in [0, 0.1) is 0 Å². The van der Waals surface area contributed by atoms with Crippen molar-refractivity contribution >= 4 is 8.56 Å². The molecule has 3 heteroatoms. The number of rotatable bonds is 8. The molecular formula is C13H30O2Si. The van der Waals surface area contributed by atoms with Gasteiger partial charge in [0.1, 0.15) is 0 Å². The van der Waals surface area contributed by atoms with Gasteiger partial charge >= 0.3 is 8.56 Å².